The Hall–Kier alpha value is -3.86. The molecule has 30 heavy (non-hydrogen) atoms. The molecule has 1 aliphatic heterocycles. The first-order valence-electron chi connectivity index (χ1n) is 9.59. The SMILES string of the molecule is COc1ccccc1/C(O)=C1/C(=O)C(=O)N(c2ccc(C)cc2)C1c1ccccc1. The van der Waals surface area contributed by atoms with Crippen LogP contribution in [0.3, 0.4) is 0 Å². The zero-order chi connectivity index (χ0) is 21.3. The minimum atomic E-state index is -0.751. The highest BCUT2D eigenvalue weighted by atomic mass is 16.5. The van der Waals surface area contributed by atoms with Crippen LogP contribution in [0.2, 0.25) is 0 Å². The molecular formula is C25H21NO4. The van der Waals surface area contributed by atoms with Crippen LogP contribution < -0.4 is 9.64 Å². The molecule has 1 atom stereocenters. The lowest BCUT2D eigenvalue weighted by Gasteiger charge is -2.25. The molecule has 0 radical (unpaired) electrons. The lowest BCUT2D eigenvalue weighted by Crippen LogP contribution is -2.29. The first kappa shape index (κ1) is 19.5. The molecule has 0 spiro atoms. The third-order valence-corrected chi connectivity index (χ3v) is 5.23. The second-order valence-electron chi connectivity index (χ2n) is 7.12. The zero-order valence-electron chi connectivity index (χ0n) is 16.7. The number of para-hydroxylation sites is 1. The molecule has 3 aromatic rings. The van der Waals surface area contributed by atoms with Gasteiger partial charge in [-0.05, 0) is 36.8 Å². The van der Waals surface area contributed by atoms with Gasteiger partial charge in [0.05, 0.1) is 24.3 Å². The number of aliphatic hydroxyl groups is 1. The Balaban J connectivity index is 1.96. The van der Waals surface area contributed by atoms with Crippen LogP contribution >= 0.6 is 0 Å². The maximum Gasteiger partial charge on any atom is 0.300 e. The number of aliphatic hydroxyl groups excluding tert-OH is 1. The normalized spacial score (nSPS) is 17.9. The van der Waals surface area contributed by atoms with Crippen molar-refractivity contribution in [1.82, 2.24) is 0 Å². The van der Waals surface area contributed by atoms with Crippen LogP contribution in [0, 0.1) is 6.92 Å². The highest BCUT2D eigenvalue weighted by Crippen LogP contribution is 2.43. The van der Waals surface area contributed by atoms with E-state index in [1.165, 1.54) is 12.0 Å². The van der Waals surface area contributed by atoms with Crippen LogP contribution in [0.1, 0.15) is 22.7 Å². The van der Waals surface area contributed by atoms with Crippen molar-refractivity contribution in [2.24, 2.45) is 0 Å². The van der Waals surface area contributed by atoms with Crippen LogP contribution in [-0.2, 0) is 9.59 Å². The van der Waals surface area contributed by atoms with Gasteiger partial charge in [0.1, 0.15) is 11.5 Å². The van der Waals surface area contributed by atoms with E-state index in [2.05, 4.69) is 0 Å². The largest absolute Gasteiger partial charge is 0.507 e. The van der Waals surface area contributed by atoms with Gasteiger partial charge in [0, 0.05) is 5.69 Å². The van der Waals surface area contributed by atoms with E-state index < -0.39 is 17.7 Å². The summed E-state index contributed by atoms with van der Waals surface area (Å²) in [5, 5.41) is 11.2. The Labute approximate surface area is 174 Å². The van der Waals surface area contributed by atoms with Crippen molar-refractivity contribution in [3.63, 3.8) is 0 Å². The quantitative estimate of drug-likeness (QED) is 0.395. The van der Waals surface area contributed by atoms with E-state index in [4.69, 9.17) is 4.74 Å². The fraction of sp³-hybridized carbons (Fsp3) is 0.120. The fourth-order valence-electron chi connectivity index (χ4n) is 3.74. The van der Waals surface area contributed by atoms with E-state index in [9.17, 15) is 14.7 Å². The third-order valence-electron chi connectivity index (χ3n) is 5.23. The molecule has 1 N–H and O–H groups in total. The van der Waals surface area contributed by atoms with E-state index in [1.54, 1.807) is 36.4 Å². The van der Waals surface area contributed by atoms with Crippen molar-refractivity contribution >= 4 is 23.1 Å². The van der Waals surface area contributed by atoms with Crippen LogP contribution in [0.15, 0.2) is 84.4 Å². The van der Waals surface area contributed by atoms with Gasteiger partial charge in [-0.3, -0.25) is 14.5 Å². The molecule has 4 rings (SSSR count). The maximum atomic E-state index is 13.1. The predicted molar refractivity (Wildman–Crippen MR) is 115 cm³/mol. The molecule has 1 unspecified atom stereocenters. The number of Topliss-reactive ketones (excluding diaryl/α,β-unsaturated/α-hetero) is 1. The van der Waals surface area contributed by atoms with E-state index >= 15 is 0 Å². The minimum absolute atomic E-state index is 0.0382. The summed E-state index contributed by atoms with van der Waals surface area (Å²) in [6.07, 6.45) is 0. The van der Waals surface area contributed by atoms with Gasteiger partial charge in [-0.2, -0.15) is 0 Å². The summed E-state index contributed by atoms with van der Waals surface area (Å²) < 4.78 is 5.35. The lowest BCUT2D eigenvalue weighted by molar-refractivity contribution is -0.132. The Morgan fingerprint density at radius 2 is 1.53 bits per heavy atom. The van der Waals surface area contributed by atoms with E-state index in [0.29, 0.717) is 17.0 Å². The van der Waals surface area contributed by atoms with Crippen LogP contribution in [0.5, 0.6) is 5.75 Å². The van der Waals surface area contributed by atoms with Gasteiger partial charge in [0.25, 0.3) is 11.7 Å². The molecule has 1 aliphatic rings. The van der Waals surface area contributed by atoms with Gasteiger partial charge >= 0.3 is 0 Å². The predicted octanol–water partition coefficient (Wildman–Crippen LogP) is 4.63. The Morgan fingerprint density at radius 3 is 2.20 bits per heavy atom. The number of benzene rings is 3. The molecule has 5 nitrogen and oxygen atoms in total. The maximum absolute atomic E-state index is 13.1. The zero-order valence-corrected chi connectivity index (χ0v) is 16.7. The molecule has 0 aromatic heterocycles. The van der Waals surface area contributed by atoms with Crippen LogP contribution in [0.25, 0.3) is 5.76 Å². The van der Waals surface area contributed by atoms with Crippen molar-refractivity contribution in [1.29, 1.82) is 0 Å². The van der Waals surface area contributed by atoms with Gasteiger partial charge in [0.15, 0.2) is 0 Å². The van der Waals surface area contributed by atoms with E-state index in [-0.39, 0.29) is 11.3 Å². The number of methoxy groups -OCH3 is 1. The van der Waals surface area contributed by atoms with Gasteiger partial charge in [-0.25, -0.2) is 0 Å². The topological polar surface area (TPSA) is 66.8 Å². The first-order valence-corrected chi connectivity index (χ1v) is 9.59. The second kappa shape index (κ2) is 7.87. The molecular weight excluding hydrogens is 378 g/mol. The van der Waals surface area contributed by atoms with Gasteiger partial charge in [0.2, 0.25) is 0 Å². The Bertz CT molecular complexity index is 1130. The summed E-state index contributed by atoms with van der Waals surface area (Å²) in [5.74, 6) is -1.24. The van der Waals surface area contributed by atoms with Crippen molar-refractivity contribution in [2.75, 3.05) is 12.0 Å². The van der Waals surface area contributed by atoms with Crippen molar-refractivity contribution in [3.05, 3.63) is 101 Å². The average Bonchev–Trinajstić information content (AvgIpc) is 3.05. The number of carbonyl (C=O) groups excluding carboxylic acids is 2. The summed E-state index contributed by atoms with van der Waals surface area (Å²) in [6.45, 7) is 1.95. The van der Waals surface area contributed by atoms with E-state index in [0.717, 1.165) is 11.1 Å². The van der Waals surface area contributed by atoms with Crippen molar-refractivity contribution < 1.29 is 19.4 Å². The molecule has 0 bridgehead atoms. The fourth-order valence-corrected chi connectivity index (χ4v) is 3.74. The number of nitrogens with zero attached hydrogens (tertiary/aromatic N) is 1. The molecule has 1 amide bonds. The van der Waals surface area contributed by atoms with E-state index in [1.807, 2.05) is 49.4 Å². The summed E-state index contributed by atoms with van der Waals surface area (Å²) in [5.41, 5.74) is 2.77. The third kappa shape index (κ3) is 3.24. The van der Waals surface area contributed by atoms with Gasteiger partial charge in [-0.1, -0.05) is 60.2 Å². The number of hydrogen-bond acceptors (Lipinski definition) is 4. The summed E-state index contributed by atoms with van der Waals surface area (Å²) >= 11 is 0. The number of ketones is 1. The molecule has 0 saturated carbocycles. The lowest BCUT2D eigenvalue weighted by atomic mass is 9.95. The number of aryl methyl sites for hydroxylation is 1. The molecule has 1 heterocycles. The molecule has 5 heteroatoms. The molecule has 0 aliphatic carbocycles. The molecule has 1 saturated heterocycles. The summed E-state index contributed by atoms with van der Waals surface area (Å²) in [4.78, 5) is 27.6. The number of ether oxygens (including phenoxy) is 1. The Morgan fingerprint density at radius 1 is 0.900 bits per heavy atom. The Kier molecular flexibility index (Phi) is 5.11. The molecule has 150 valence electrons. The van der Waals surface area contributed by atoms with Gasteiger partial charge < -0.3 is 9.84 Å². The van der Waals surface area contributed by atoms with Crippen molar-refractivity contribution in [2.45, 2.75) is 13.0 Å². The number of carbonyl (C=O) groups is 2. The number of amides is 1. The average molecular weight is 399 g/mol. The minimum Gasteiger partial charge on any atom is -0.507 e. The number of anilines is 1. The van der Waals surface area contributed by atoms with Crippen LogP contribution in [-0.4, -0.2) is 23.9 Å². The summed E-state index contributed by atoms with van der Waals surface area (Å²) in [7, 11) is 1.49. The number of rotatable bonds is 4. The second-order valence-corrected chi connectivity index (χ2v) is 7.12. The summed E-state index contributed by atoms with van der Waals surface area (Å²) in [6, 6.07) is 22.7. The van der Waals surface area contributed by atoms with Crippen molar-refractivity contribution in [3.8, 4) is 5.75 Å². The van der Waals surface area contributed by atoms with Gasteiger partial charge in [-0.15, -0.1) is 0 Å². The standard InChI is InChI=1S/C25H21NO4/c1-16-12-14-18(15-13-16)26-22(17-8-4-3-5-9-17)21(24(28)25(26)29)23(27)19-10-6-7-11-20(19)30-2/h3-15,22,27H,1-2H3/b23-21-. The highest BCUT2D eigenvalue weighted by molar-refractivity contribution is 6.51. The van der Waals surface area contributed by atoms with Crippen LogP contribution in [0.4, 0.5) is 5.69 Å². The highest BCUT2D eigenvalue weighted by Gasteiger charge is 2.47. The number of hydrogen-bond donors (Lipinski definition) is 1. The monoisotopic (exact) mass is 399 g/mol. The molecule has 3 aromatic carbocycles. The molecule has 1 fully saturated rings. The first-order chi connectivity index (χ1) is 14.5. The smallest absolute Gasteiger partial charge is 0.300 e.